The smallest absolute Gasteiger partial charge is 0.164 e. The number of hydrogen-bond acceptors (Lipinski definition) is 4. The first-order chi connectivity index (χ1) is 7.52. The summed E-state index contributed by atoms with van der Waals surface area (Å²) < 4.78 is 0. The minimum atomic E-state index is 0.0406. The molecule has 0 aliphatic carbocycles. The summed E-state index contributed by atoms with van der Waals surface area (Å²) in [6, 6.07) is 4.06. The summed E-state index contributed by atoms with van der Waals surface area (Å²) in [6.07, 6.45) is 1.54. The van der Waals surface area contributed by atoms with Gasteiger partial charge in [0, 0.05) is 18.2 Å². The number of anilines is 1. The highest BCUT2D eigenvalue weighted by Crippen LogP contribution is 2.24. The quantitative estimate of drug-likeness (QED) is 0.795. The monoisotopic (exact) mass is 216 g/mol. The molecule has 2 heterocycles. The van der Waals surface area contributed by atoms with E-state index in [4.69, 9.17) is 0 Å². The van der Waals surface area contributed by atoms with Gasteiger partial charge in [-0.3, -0.25) is 0 Å². The van der Waals surface area contributed by atoms with E-state index in [-0.39, 0.29) is 5.41 Å². The van der Waals surface area contributed by atoms with Gasteiger partial charge in [-0.15, -0.1) is 0 Å². The molecule has 0 bridgehead atoms. The molecule has 0 unspecified atom stereocenters. The van der Waals surface area contributed by atoms with E-state index in [1.54, 1.807) is 0 Å². The van der Waals surface area contributed by atoms with Gasteiger partial charge >= 0.3 is 0 Å². The summed E-state index contributed by atoms with van der Waals surface area (Å²) >= 11 is 0. The Morgan fingerprint density at radius 2 is 1.88 bits per heavy atom. The fourth-order valence-electron chi connectivity index (χ4n) is 1.56. The first-order valence-corrected chi connectivity index (χ1v) is 5.32. The zero-order valence-electron chi connectivity index (χ0n) is 10.1. The minimum absolute atomic E-state index is 0.0406. The summed E-state index contributed by atoms with van der Waals surface area (Å²) in [6.45, 7) is 6.42. The molecule has 0 aliphatic heterocycles. The summed E-state index contributed by atoms with van der Waals surface area (Å²) in [7, 11) is 1.85. The van der Waals surface area contributed by atoms with E-state index in [1.807, 2.05) is 19.2 Å². The standard InChI is InChI=1S/C12H16N4/c1-12(2,3)9-6-5-8-10(13-4)14-7-15-11(8)16-9/h5-7H,1-4H3,(H,13,14,15,16). The van der Waals surface area contributed by atoms with Crippen molar-refractivity contribution < 1.29 is 0 Å². The lowest BCUT2D eigenvalue weighted by atomic mass is 9.91. The van der Waals surface area contributed by atoms with Crippen LogP contribution in [0.5, 0.6) is 0 Å². The average Bonchev–Trinajstić information content (AvgIpc) is 2.26. The normalized spacial score (nSPS) is 11.8. The SMILES string of the molecule is CNc1ncnc2nc(C(C)(C)C)ccc12. The van der Waals surface area contributed by atoms with E-state index >= 15 is 0 Å². The molecule has 0 amide bonds. The van der Waals surface area contributed by atoms with Crippen LogP contribution in [-0.4, -0.2) is 22.0 Å². The third kappa shape index (κ3) is 1.83. The minimum Gasteiger partial charge on any atom is -0.372 e. The molecule has 0 aliphatic rings. The Morgan fingerprint density at radius 3 is 2.50 bits per heavy atom. The Hall–Kier alpha value is -1.71. The van der Waals surface area contributed by atoms with Crippen LogP contribution >= 0.6 is 0 Å². The van der Waals surface area contributed by atoms with E-state index in [0.29, 0.717) is 0 Å². The van der Waals surface area contributed by atoms with E-state index in [2.05, 4.69) is 41.0 Å². The van der Waals surface area contributed by atoms with Gasteiger partial charge in [-0.25, -0.2) is 15.0 Å². The van der Waals surface area contributed by atoms with Crippen LogP contribution in [0.25, 0.3) is 11.0 Å². The fourth-order valence-corrected chi connectivity index (χ4v) is 1.56. The molecule has 4 heteroatoms. The molecular formula is C12H16N4. The highest BCUT2D eigenvalue weighted by molar-refractivity contribution is 5.86. The highest BCUT2D eigenvalue weighted by Gasteiger charge is 2.16. The Balaban J connectivity index is 2.64. The molecule has 4 nitrogen and oxygen atoms in total. The zero-order valence-corrected chi connectivity index (χ0v) is 10.1. The highest BCUT2D eigenvalue weighted by atomic mass is 15.0. The van der Waals surface area contributed by atoms with Gasteiger partial charge in [0.2, 0.25) is 0 Å². The van der Waals surface area contributed by atoms with Gasteiger partial charge < -0.3 is 5.32 Å². The molecular weight excluding hydrogens is 200 g/mol. The molecule has 0 saturated heterocycles. The number of hydrogen-bond donors (Lipinski definition) is 1. The Morgan fingerprint density at radius 1 is 1.12 bits per heavy atom. The largest absolute Gasteiger partial charge is 0.372 e. The predicted octanol–water partition coefficient (Wildman–Crippen LogP) is 2.36. The molecule has 0 atom stereocenters. The lowest BCUT2D eigenvalue weighted by Gasteiger charge is -2.17. The number of nitrogens with zero attached hydrogens (tertiary/aromatic N) is 3. The lowest BCUT2D eigenvalue weighted by molar-refractivity contribution is 0.571. The van der Waals surface area contributed by atoms with Gasteiger partial charge in [0.15, 0.2) is 5.65 Å². The molecule has 16 heavy (non-hydrogen) atoms. The van der Waals surface area contributed by atoms with Crippen LogP contribution in [0.2, 0.25) is 0 Å². The van der Waals surface area contributed by atoms with Crippen molar-refractivity contribution in [3.8, 4) is 0 Å². The van der Waals surface area contributed by atoms with Crippen LogP contribution in [0.1, 0.15) is 26.5 Å². The topological polar surface area (TPSA) is 50.7 Å². The van der Waals surface area contributed by atoms with Crippen molar-refractivity contribution in [2.24, 2.45) is 0 Å². The molecule has 0 spiro atoms. The number of aromatic nitrogens is 3. The van der Waals surface area contributed by atoms with Gasteiger partial charge in [-0.2, -0.15) is 0 Å². The van der Waals surface area contributed by atoms with Gasteiger partial charge in [0.05, 0.1) is 5.39 Å². The molecule has 1 N–H and O–H groups in total. The second-order valence-electron chi connectivity index (χ2n) is 4.79. The Kier molecular flexibility index (Phi) is 2.50. The lowest BCUT2D eigenvalue weighted by Crippen LogP contribution is -2.13. The van der Waals surface area contributed by atoms with Gasteiger partial charge in [-0.1, -0.05) is 20.8 Å². The van der Waals surface area contributed by atoms with Crippen LogP contribution in [0.3, 0.4) is 0 Å². The number of pyridine rings is 1. The van der Waals surface area contributed by atoms with Crippen molar-refractivity contribution in [2.75, 3.05) is 12.4 Å². The van der Waals surface area contributed by atoms with E-state index in [1.165, 1.54) is 6.33 Å². The maximum atomic E-state index is 4.56. The first-order valence-electron chi connectivity index (χ1n) is 5.32. The molecule has 0 saturated carbocycles. The van der Waals surface area contributed by atoms with Gasteiger partial charge in [-0.05, 0) is 12.1 Å². The van der Waals surface area contributed by atoms with Crippen LogP contribution < -0.4 is 5.32 Å². The number of nitrogens with one attached hydrogen (secondary N) is 1. The summed E-state index contributed by atoms with van der Waals surface area (Å²) in [5, 5.41) is 3.99. The third-order valence-electron chi connectivity index (χ3n) is 2.50. The Bertz CT molecular complexity index is 514. The maximum Gasteiger partial charge on any atom is 0.164 e. The molecule has 2 aromatic rings. The molecule has 0 fully saturated rings. The number of rotatable bonds is 1. The van der Waals surface area contributed by atoms with Crippen LogP contribution in [0, 0.1) is 0 Å². The van der Waals surface area contributed by atoms with Crippen molar-refractivity contribution in [2.45, 2.75) is 26.2 Å². The summed E-state index contributed by atoms with van der Waals surface area (Å²) in [5.74, 6) is 0.818. The number of fused-ring (bicyclic) bond motifs is 1. The molecule has 84 valence electrons. The molecule has 2 rings (SSSR count). The van der Waals surface area contributed by atoms with E-state index < -0.39 is 0 Å². The van der Waals surface area contributed by atoms with Crippen molar-refractivity contribution in [1.29, 1.82) is 0 Å². The second kappa shape index (κ2) is 3.70. The second-order valence-corrected chi connectivity index (χ2v) is 4.79. The first kappa shape index (κ1) is 10.8. The molecule has 0 aromatic carbocycles. The zero-order chi connectivity index (χ0) is 11.8. The van der Waals surface area contributed by atoms with Crippen molar-refractivity contribution in [1.82, 2.24) is 15.0 Å². The molecule has 2 aromatic heterocycles. The summed E-state index contributed by atoms with van der Waals surface area (Å²) in [5.41, 5.74) is 1.83. The van der Waals surface area contributed by atoms with Gasteiger partial charge in [0.25, 0.3) is 0 Å². The average molecular weight is 216 g/mol. The van der Waals surface area contributed by atoms with E-state index in [9.17, 15) is 0 Å². The van der Waals surface area contributed by atoms with Crippen LogP contribution in [-0.2, 0) is 5.41 Å². The fraction of sp³-hybridized carbons (Fsp3) is 0.417. The predicted molar refractivity (Wildman–Crippen MR) is 65.6 cm³/mol. The van der Waals surface area contributed by atoms with Crippen LogP contribution in [0.15, 0.2) is 18.5 Å². The van der Waals surface area contributed by atoms with Gasteiger partial charge in [0.1, 0.15) is 12.1 Å². The summed E-state index contributed by atoms with van der Waals surface area (Å²) in [4.78, 5) is 12.9. The Labute approximate surface area is 95.1 Å². The van der Waals surface area contributed by atoms with Crippen molar-refractivity contribution in [3.63, 3.8) is 0 Å². The van der Waals surface area contributed by atoms with Crippen molar-refractivity contribution in [3.05, 3.63) is 24.2 Å². The molecule has 0 radical (unpaired) electrons. The van der Waals surface area contributed by atoms with Crippen molar-refractivity contribution >= 4 is 16.9 Å². The van der Waals surface area contributed by atoms with Crippen LogP contribution in [0.4, 0.5) is 5.82 Å². The maximum absolute atomic E-state index is 4.56. The third-order valence-corrected chi connectivity index (χ3v) is 2.50. The van der Waals surface area contributed by atoms with E-state index in [0.717, 1.165) is 22.5 Å².